The molecule has 0 radical (unpaired) electrons. The van der Waals surface area contributed by atoms with Gasteiger partial charge in [0.05, 0.1) is 12.0 Å². The predicted molar refractivity (Wildman–Crippen MR) is 71.1 cm³/mol. The Morgan fingerprint density at radius 1 is 1.29 bits per heavy atom. The van der Waals surface area contributed by atoms with E-state index in [1.807, 2.05) is 0 Å². The Balaban J connectivity index is 2.34. The molecule has 1 atom stereocenters. The van der Waals surface area contributed by atoms with Crippen LogP contribution in [-0.2, 0) is 0 Å². The van der Waals surface area contributed by atoms with Crippen LogP contribution in [0.25, 0.3) is 0 Å². The third-order valence-electron chi connectivity index (χ3n) is 3.86. The number of benzene rings is 1. The molecule has 0 amide bonds. The molecule has 17 heavy (non-hydrogen) atoms. The van der Waals surface area contributed by atoms with E-state index in [1.54, 1.807) is 0 Å². The van der Waals surface area contributed by atoms with Gasteiger partial charge in [-0.2, -0.15) is 5.26 Å². The molecule has 0 bridgehead atoms. The number of nitriles is 1. The number of rotatable bonds is 1. The van der Waals surface area contributed by atoms with E-state index in [0.717, 1.165) is 13.0 Å². The minimum atomic E-state index is 0.0854. The summed E-state index contributed by atoms with van der Waals surface area (Å²) >= 11 is 0. The van der Waals surface area contributed by atoms with Gasteiger partial charge in [0.1, 0.15) is 0 Å². The SMILES string of the molecule is Cc1ccc(N2CC(C#N)CC2(C)C)cc1C. The van der Waals surface area contributed by atoms with Gasteiger partial charge >= 0.3 is 0 Å². The zero-order valence-electron chi connectivity index (χ0n) is 11.1. The molecule has 90 valence electrons. The number of anilines is 1. The normalized spacial score (nSPS) is 22.5. The molecule has 0 N–H and O–H groups in total. The molecule has 0 saturated carbocycles. The molecule has 1 saturated heterocycles. The van der Waals surface area contributed by atoms with Crippen molar-refractivity contribution in [3.63, 3.8) is 0 Å². The van der Waals surface area contributed by atoms with Crippen molar-refractivity contribution in [3.8, 4) is 6.07 Å². The van der Waals surface area contributed by atoms with Crippen molar-refractivity contribution in [2.24, 2.45) is 5.92 Å². The fourth-order valence-corrected chi connectivity index (χ4v) is 2.68. The van der Waals surface area contributed by atoms with Crippen molar-refractivity contribution in [1.29, 1.82) is 5.26 Å². The number of nitrogens with zero attached hydrogens (tertiary/aromatic N) is 2. The summed E-state index contributed by atoms with van der Waals surface area (Å²) in [6.45, 7) is 9.57. The highest BCUT2D eigenvalue weighted by atomic mass is 15.2. The highest BCUT2D eigenvalue weighted by Gasteiger charge is 2.38. The zero-order chi connectivity index (χ0) is 12.6. The van der Waals surface area contributed by atoms with Gasteiger partial charge in [0.15, 0.2) is 0 Å². The Labute approximate surface area is 104 Å². The first-order valence-electron chi connectivity index (χ1n) is 6.18. The van der Waals surface area contributed by atoms with Crippen molar-refractivity contribution >= 4 is 5.69 Å². The van der Waals surface area contributed by atoms with Gasteiger partial charge in [0, 0.05) is 17.8 Å². The van der Waals surface area contributed by atoms with E-state index in [9.17, 15) is 0 Å². The van der Waals surface area contributed by atoms with E-state index in [2.05, 4.69) is 56.9 Å². The van der Waals surface area contributed by atoms with E-state index >= 15 is 0 Å². The van der Waals surface area contributed by atoms with Gasteiger partial charge in [-0.3, -0.25) is 0 Å². The topological polar surface area (TPSA) is 27.0 Å². The fraction of sp³-hybridized carbons (Fsp3) is 0.533. The molecule has 1 aromatic carbocycles. The first-order valence-corrected chi connectivity index (χ1v) is 6.18. The van der Waals surface area contributed by atoms with Crippen LogP contribution >= 0.6 is 0 Å². The Morgan fingerprint density at radius 3 is 2.53 bits per heavy atom. The maximum absolute atomic E-state index is 9.08. The van der Waals surface area contributed by atoms with Crippen LogP contribution in [0, 0.1) is 31.1 Å². The van der Waals surface area contributed by atoms with Crippen molar-refractivity contribution in [1.82, 2.24) is 0 Å². The summed E-state index contributed by atoms with van der Waals surface area (Å²) in [7, 11) is 0. The van der Waals surface area contributed by atoms with Gasteiger partial charge < -0.3 is 4.90 Å². The second-order valence-electron chi connectivity index (χ2n) is 5.72. The summed E-state index contributed by atoms with van der Waals surface area (Å²) in [6, 6.07) is 8.97. The van der Waals surface area contributed by atoms with Crippen molar-refractivity contribution < 1.29 is 0 Å². The molecule has 1 unspecified atom stereocenters. The lowest BCUT2D eigenvalue weighted by Crippen LogP contribution is -2.38. The third-order valence-corrected chi connectivity index (χ3v) is 3.86. The lowest BCUT2D eigenvalue weighted by Gasteiger charge is -2.33. The van der Waals surface area contributed by atoms with Crippen LogP contribution in [0.1, 0.15) is 31.4 Å². The lowest BCUT2D eigenvalue weighted by atomic mass is 9.97. The number of hydrogen-bond acceptors (Lipinski definition) is 2. The molecule has 1 aliphatic rings. The fourth-order valence-electron chi connectivity index (χ4n) is 2.68. The Kier molecular flexibility index (Phi) is 2.87. The van der Waals surface area contributed by atoms with Gasteiger partial charge in [0.2, 0.25) is 0 Å². The lowest BCUT2D eigenvalue weighted by molar-refractivity contribution is 0.503. The van der Waals surface area contributed by atoms with E-state index < -0.39 is 0 Å². The van der Waals surface area contributed by atoms with Gasteiger partial charge in [-0.1, -0.05) is 6.07 Å². The second kappa shape index (κ2) is 4.07. The van der Waals surface area contributed by atoms with Crippen LogP contribution < -0.4 is 4.90 Å². The summed E-state index contributed by atoms with van der Waals surface area (Å²) in [5.41, 5.74) is 3.97. The van der Waals surface area contributed by atoms with Gasteiger partial charge in [-0.25, -0.2) is 0 Å². The molecule has 2 rings (SSSR count). The van der Waals surface area contributed by atoms with Crippen LogP contribution in [0.4, 0.5) is 5.69 Å². The quantitative estimate of drug-likeness (QED) is 0.736. The first-order chi connectivity index (χ1) is 7.94. The monoisotopic (exact) mass is 228 g/mol. The van der Waals surface area contributed by atoms with Crippen LogP contribution in [0.2, 0.25) is 0 Å². The second-order valence-corrected chi connectivity index (χ2v) is 5.72. The summed E-state index contributed by atoms with van der Waals surface area (Å²) in [5.74, 6) is 0.159. The molecule has 0 aliphatic carbocycles. The van der Waals surface area contributed by atoms with Crippen LogP contribution in [-0.4, -0.2) is 12.1 Å². The van der Waals surface area contributed by atoms with E-state index in [-0.39, 0.29) is 11.5 Å². The molecular formula is C15H20N2. The largest absolute Gasteiger partial charge is 0.365 e. The molecule has 0 aromatic heterocycles. The summed E-state index contributed by atoms with van der Waals surface area (Å²) in [6.07, 6.45) is 0.955. The third kappa shape index (κ3) is 2.15. The van der Waals surface area contributed by atoms with E-state index in [1.165, 1.54) is 16.8 Å². The Morgan fingerprint density at radius 2 is 2.00 bits per heavy atom. The van der Waals surface area contributed by atoms with Gasteiger partial charge in [-0.15, -0.1) is 0 Å². The maximum atomic E-state index is 9.08. The molecule has 1 aromatic rings. The van der Waals surface area contributed by atoms with Crippen LogP contribution in [0.3, 0.4) is 0 Å². The Bertz CT molecular complexity index is 468. The molecule has 1 fully saturated rings. The summed E-state index contributed by atoms with van der Waals surface area (Å²) in [4.78, 5) is 2.37. The highest BCUT2D eigenvalue weighted by Crippen LogP contribution is 2.36. The maximum Gasteiger partial charge on any atom is 0.0675 e. The molecule has 1 aliphatic heterocycles. The highest BCUT2D eigenvalue weighted by molar-refractivity contribution is 5.54. The average Bonchev–Trinajstić information content (AvgIpc) is 2.58. The molecular weight excluding hydrogens is 208 g/mol. The van der Waals surface area contributed by atoms with Gasteiger partial charge in [-0.05, 0) is 57.4 Å². The predicted octanol–water partition coefficient (Wildman–Crippen LogP) is 3.43. The van der Waals surface area contributed by atoms with Crippen LogP contribution in [0.15, 0.2) is 18.2 Å². The zero-order valence-corrected chi connectivity index (χ0v) is 11.1. The molecule has 2 heteroatoms. The standard InChI is InChI=1S/C15H20N2/c1-11-5-6-14(7-12(11)2)17-10-13(9-16)8-15(17,3)4/h5-7,13H,8,10H2,1-4H3. The summed E-state index contributed by atoms with van der Waals surface area (Å²) in [5, 5.41) is 9.08. The molecule has 0 spiro atoms. The Hall–Kier alpha value is -1.49. The molecule has 1 heterocycles. The van der Waals surface area contributed by atoms with Crippen molar-refractivity contribution in [2.75, 3.05) is 11.4 Å². The van der Waals surface area contributed by atoms with E-state index in [4.69, 9.17) is 5.26 Å². The minimum absolute atomic E-state index is 0.0854. The van der Waals surface area contributed by atoms with E-state index in [0.29, 0.717) is 0 Å². The number of hydrogen-bond donors (Lipinski definition) is 0. The first kappa shape index (κ1) is 12.0. The van der Waals surface area contributed by atoms with Crippen molar-refractivity contribution in [2.45, 2.75) is 39.7 Å². The molecule has 2 nitrogen and oxygen atoms in total. The smallest absolute Gasteiger partial charge is 0.0675 e. The van der Waals surface area contributed by atoms with Gasteiger partial charge in [0.25, 0.3) is 0 Å². The number of aryl methyl sites for hydroxylation is 2. The average molecular weight is 228 g/mol. The minimum Gasteiger partial charge on any atom is -0.365 e. The van der Waals surface area contributed by atoms with Crippen LogP contribution in [0.5, 0.6) is 0 Å². The van der Waals surface area contributed by atoms with Crippen molar-refractivity contribution in [3.05, 3.63) is 29.3 Å². The summed E-state index contributed by atoms with van der Waals surface area (Å²) < 4.78 is 0.